The van der Waals surface area contributed by atoms with E-state index < -0.39 is 37.8 Å². The Kier molecular flexibility index (Phi) is 1910. The Bertz CT molecular complexity index is 25.5. The van der Waals surface area contributed by atoms with E-state index in [2.05, 4.69) is 0 Å². The Hall–Kier alpha value is 0.737. The molecule has 0 amide bonds. The molecule has 0 radical (unpaired) electrons. The van der Waals surface area contributed by atoms with Crippen LogP contribution in [0.15, 0.2) is 0 Å². The molecule has 9 heteroatoms. The van der Waals surface area contributed by atoms with Gasteiger partial charge in [0.1, 0.15) is 0 Å². The van der Waals surface area contributed by atoms with Crippen LogP contribution >= 0.6 is 0 Å². The standard InChI is InChI=1S/Ce.6H2O.2O/h;6*1H2;;. The van der Waals surface area contributed by atoms with Crippen molar-refractivity contribution in [3.8, 4) is 0 Å². The van der Waals surface area contributed by atoms with Crippen LogP contribution in [0.25, 0.3) is 0 Å². The van der Waals surface area contributed by atoms with E-state index in [1.807, 2.05) is 0 Å². The van der Waals surface area contributed by atoms with Crippen LogP contribution in [-0.2, 0) is 1.88 Å². The van der Waals surface area contributed by atoms with Crippen LogP contribution in [0.3, 0.4) is 0 Å². The zero-order valence-corrected chi connectivity index (χ0v) is 7.46. The Balaban J connectivity index is -0.00000000133. The van der Waals surface area contributed by atoms with E-state index in [9.17, 15) is 0 Å². The molecule has 0 aliphatic heterocycles. The van der Waals surface area contributed by atoms with Crippen molar-refractivity contribution in [1.82, 2.24) is 0 Å². The van der Waals surface area contributed by atoms with Crippen molar-refractivity contribution in [3.05, 3.63) is 0 Å². The van der Waals surface area contributed by atoms with Crippen molar-refractivity contribution < 1.29 is 72.5 Å². The molecule has 0 saturated heterocycles. The van der Waals surface area contributed by atoms with Gasteiger partial charge in [0.2, 0.25) is 0 Å². The molecule has 9 heavy (non-hydrogen) atoms. The van der Waals surface area contributed by atoms with Crippen molar-refractivity contribution >= 4 is 0 Å². The normalized spacial score (nSPS) is 0.889. The second-order valence-electron chi connectivity index (χ2n) is 0.0833. The van der Waals surface area contributed by atoms with Gasteiger partial charge in [-0.2, -0.15) is 0 Å². The van der Waals surface area contributed by atoms with Gasteiger partial charge in [-0.05, 0) is 0 Å². The molecular weight excluding hydrogens is 268 g/mol. The summed E-state index contributed by atoms with van der Waals surface area (Å²) in [6.07, 6.45) is 0. The van der Waals surface area contributed by atoms with Gasteiger partial charge in [0.15, 0.2) is 0 Å². The van der Waals surface area contributed by atoms with Crippen LogP contribution < -0.4 is 0 Å². The molecule has 12 N–H and O–H groups in total. The number of rotatable bonds is 0. The van der Waals surface area contributed by atoms with Gasteiger partial charge in [-0.1, -0.05) is 0 Å². The summed E-state index contributed by atoms with van der Waals surface area (Å²) < 4.78 is 17.1. The van der Waals surface area contributed by atoms with E-state index in [4.69, 9.17) is 1.88 Å². The molecule has 0 fully saturated rings. The molecule has 0 aromatic heterocycles. The SMILES string of the molecule is O.O.O.O.O.O.[O]=[Ce]=[O]. The van der Waals surface area contributed by atoms with E-state index >= 15 is 0 Å². The summed E-state index contributed by atoms with van der Waals surface area (Å²) in [7, 11) is 0. The quantitative estimate of drug-likeness (QED) is 0.424. The van der Waals surface area contributed by atoms with Crippen LogP contribution in [0.5, 0.6) is 0 Å². The molecule has 0 aromatic rings. The summed E-state index contributed by atoms with van der Waals surface area (Å²) in [5, 5.41) is 0. The zero-order valence-electron chi connectivity index (χ0n) is 4.32. The first-order valence-electron chi connectivity index (χ1n) is 0.408. The third-order valence-corrected chi connectivity index (χ3v) is 0. The Labute approximate surface area is 72.1 Å². The zero-order chi connectivity index (χ0) is 2.71. The second-order valence-corrected chi connectivity index (χ2v) is 0.607. The van der Waals surface area contributed by atoms with Crippen molar-refractivity contribution in [2.45, 2.75) is 0 Å². The van der Waals surface area contributed by atoms with Crippen LogP contribution in [0.2, 0.25) is 0 Å². The van der Waals surface area contributed by atoms with Crippen LogP contribution in [0.1, 0.15) is 0 Å². The molecule has 0 aliphatic rings. The predicted molar refractivity (Wildman–Crippen MR) is 23.1 cm³/mol. The topological polar surface area (TPSA) is 223 Å². The van der Waals surface area contributed by atoms with Gasteiger partial charge in [-0.25, -0.2) is 0 Å². The summed E-state index contributed by atoms with van der Waals surface area (Å²) in [6.45, 7) is 0. The summed E-state index contributed by atoms with van der Waals surface area (Å²) in [5.74, 6) is 0. The van der Waals surface area contributed by atoms with Crippen molar-refractivity contribution in [1.29, 1.82) is 0 Å². The number of hydrogen-bond donors (Lipinski definition) is 0. The van der Waals surface area contributed by atoms with Gasteiger partial charge in [0.05, 0.1) is 0 Å². The minimum atomic E-state index is -2.42. The minimum absolute atomic E-state index is 0. The monoisotopic (exact) mass is 280 g/mol. The first kappa shape index (κ1) is 99.2. The molecule has 0 heterocycles. The average molecular weight is 280 g/mol. The van der Waals surface area contributed by atoms with E-state index in [1.165, 1.54) is 0 Å². The van der Waals surface area contributed by atoms with E-state index in [1.54, 1.807) is 0 Å². The fourth-order valence-electron chi connectivity index (χ4n) is 0. The summed E-state index contributed by atoms with van der Waals surface area (Å²) in [6, 6.07) is 0. The first-order chi connectivity index (χ1) is 1.41. The fourth-order valence-corrected chi connectivity index (χ4v) is 0. The van der Waals surface area contributed by atoms with Gasteiger partial charge < -0.3 is 32.9 Å². The summed E-state index contributed by atoms with van der Waals surface area (Å²) >= 11 is -2.42. The Morgan fingerprint density at radius 2 is 0.556 bits per heavy atom. The third kappa shape index (κ3) is 731. The molecule has 0 aromatic carbocycles. The summed E-state index contributed by atoms with van der Waals surface area (Å²) in [5.41, 5.74) is 0. The third-order valence-electron chi connectivity index (χ3n) is 0. The van der Waals surface area contributed by atoms with Gasteiger partial charge in [-0.3, -0.25) is 0 Å². The molecule has 0 aliphatic carbocycles. The molecule has 0 atom stereocenters. The van der Waals surface area contributed by atoms with Gasteiger partial charge in [0.25, 0.3) is 0 Å². The average Bonchev–Trinajstić information content (AvgIpc) is 0.918. The molecule has 0 unspecified atom stereocenters. The molecule has 8 nitrogen and oxygen atoms in total. The Morgan fingerprint density at radius 3 is 0.556 bits per heavy atom. The van der Waals surface area contributed by atoms with Crippen molar-refractivity contribution in [3.63, 3.8) is 0 Å². The van der Waals surface area contributed by atoms with Crippen molar-refractivity contribution in [2.24, 2.45) is 0 Å². The maximum atomic E-state index is 8.57. The predicted octanol–water partition coefficient (Wildman–Crippen LogP) is -5.19. The maximum absolute atomic E-state index is 8.57. The number of hydrogen-bond acceptors (Lipinski definition) is 2. The molecule has 0 saturated carbocycles. The van der Waals surface area contributed by atoms with Crippen LogP contribution in [0.4, 0.5) is 0 Å². The van der Waals surface area contributed by atoms with Gasteiger partial charge in [-0.15, -0.1) is 0 Å². The fraction of sp³-hybridized carbons (Fsp3) is 0. The van der Waals surface area contributed by atoms with E-state index in [0.717, 1.165) is 0 Å². The second kappa shape index (κ2) is 173. The first-order valence-corrected chi connectivity index (χ1v) is 2.97. The van der Waals surface area contributed by atoms with E-state index in [0.29, 0.717) is 0 Å². The molecular formula is H12CeO8. The molecule has 0 spiro atoms. The van der Waals surface area contributed by atoms with Crippen molar-refractivity contribution in [2.75, 3.05) is 0 Å². The summed E-state index contributed by atoms with van der Waals surface area (Å²) in [4.78, 5) is 0. The van der Waals surface area contributed by atoms with Crippen LogP contribution in [-0.4, -0.2) is 32.9 Å². The Morgan fingerprint density at radius 1 is 0.556 bits per heavy atom. The molecule has 0 bridgehead atoms. The van der Waals surface area contributed by atoms with Gasteiger partial charge >= 0.3 is 39.7 Å². The van der Waals surface area contributed by atoms with E-state index in [-0.39, 0.29) is 32.9 Å². The molecule has 64 valence electrons. The molecule has 0 rings (SSSR count). The van der Waals surface area contributed by atoms with Gasteiger partial charge in [0, 0.05) is 0 Å². The van der Waals surface area contributed by atoms with Crippen LogP contribution in [0, 0.1) is 37.8 Å².